The molecule has 0 aliphatic carbocycles. The largest absolute Gasteiger partial charge is 0.351 e. The van der Waals surface area contributed by atoms with Gasteiger partial charge >= 0.3 is 0 Å². The van der Waals surface area contributed by atoms with Gasteiger partial charge in [-0.25, -0.2) is 11.7 Å². The monoisotopic (exact) mass is 831 g/mol. The first-order valence-corrected chi connectivity index (χ1v) is 20.1. The number of carbonyl (C=O) groups excluding carboxylic acids is 6. The summed E-state index contributed by atoms with van der Waals surface area (Å²) >= 11 is 0. The minimum Gasteiger partial charge on any atom is -0.351 e. The number of H-pyrrole nitrogens is 3. The molecule has 61 heavy (non-hydrogen) atoms. The second-order valence-corrected chi connectivity index (χ2v) is 15.8. The molecule has 0 saturated carbocycles. The number of amides is 4. The van der Waals surface area contributed by atoms with Gasteiger partial charge in [0.25, 0.3) is 23.6 Å². The van der Waals surface area contributed by atoms with Gasteiger partial charge in [0.15, 0.2) is 11.6 Å². The van der Waals surface area contributed by atoms with Crippen LogP contribution < -0.4 is 33.0 Å². The van der Waals surface area contributed by atoms with E-state index in [-0.39, 0.29) is 84.4 Å². The smallest absolute Gasteiger partial charge is 0.284 e. The Balaban J connectivity index is 1.06. The average molecular weight is 832 g/mol. The lowest BCUT2D eigenvalue weighted by Gasteiger charge is -2.21. The van der Waals surface area contributed by atoms with E-state index < -0.39 is 17.7 Å². The van der Waals surface area contributed by atoms with Crippen molar-refractivity contribution in [1.82, 2.24) is 35.6 Å². The summed E-state index contributed by atoms with van der Waals surface area (Å²) in [5.74, 6) is 10.5. The molecule has 6 rings (SSSR count). The Morgan fingerprint density at radius 3 is 1.38 bits per heavy atom. The average Bonchev–Trinajstić information content (AvgIpc) is 3.98. The first-order valence-electron chi connectivity index (χ1n) is 20.1. The van der Waals surface area contributed by atoms with Crippen LogP contribution in [0.2, 0.25) is 0 Å². The molecule has 0 unspecified atom stereocenters. The number of nitrogens with one attached hydrogen (secondary N) is 7. The summed E-state index contributed by atoms with van der Waals surface area (Å²) in [7, 11) is 3.45. The molecule has 0 saturated heterocycles. The molecule has 320 valence electrons. The van der Waals surface area contributed by atoms with E-state index in [4.69, 9.17) is 11.7 Å². The van der Waals surface area contributed by atoms with E-state index in [2.05, 4.69) is 36.2 Å². The molecule has 0 fully saturated rings. The zero-order chi connectivity index (χ0) is 44.1. The van der Waals surface area contributed by atoms with Crippen LogP contribution in [0.5, 0.6) is 0 Å². The molecule has 17 heteroatoms. The third kappa shape index (κ3) is 10.0. The van der Waals surface area contributed by atoms with Crippen LogP contribution in [0, 0.1) is 11.8 Å². The summed E-state index contributed by atoms with van der Waals surface area (Å²) < 4.78 is 0. The Kier molecular flexibility index (Phi) is 13.5. The Hall–Kier alpha value is -6.66. The molecule has 0 aliphatic heterocycles. The van der Waals surface area contributed by atoms with Crippen LogP contribution in [0.1, 0.15) is 82.4 Å². The molecule has 3 heterocycles. The highest BCUT2D eigenvalue weighted by Crippen LogP contribution is 2.25. The summed E-state index contributed by atoms with van der Waals surface area (Å²) in [6.45, 7) is 7.90. The third-order valence-corrected chi connectivity index (χ3v) is 10.7. The second kappa shape index (κ2) is 18.7. The van der Waals surface area contributed by atoms with Crippen molar-refractivity contribution in [3.63, 3.8) is 0 Å². The van der Waals surface area contributed by atoms with Crippen LogP contribution in [-0.2, 0) is 9.59 Å². The molecule has 11 N–H and O–H groups in total. The summed E-state index contributed by atoms with van der Waals surface area (Å²) in [5, 5.41) is 15.8. The van der Waals surface area contributed by atoms with Gasteiger partial charge in [-0.3, -0.25) is 38.8 Å². The minimum atomic E-state index is -0.470. The van der Waals surface area contributed by atoms with Crippen molar-refractivity contribution in [2.75, 3.05) is 37.8 Å². The van der Waals surface area contributed by atoms with E-state index in [1.807, 2.05) is 27.7 Å². The van der Waals surface area contributed by atoms with Crippen molar-refractivity contribution in [2.45, 2.75) is 52.6 Å². The van der Waals surface area contributed by atoms with Gasteiger partial charge in [-0.05, 0) is 98.7 Å². The number of anilines is 2. The molecule has 17 nitrogen and oxygen atoms in total. The maximum Gasteiger partial charge on any atom is 0.284 e. The zero-order valence-corrected chi connectivity index (χ0v) is 35.1. The highest BCUT2D eigenvalue weighted by atomic mass is 16.2. The van der Waals surface area contributed by atoms with Crippen LogP contribution in [-0.4, -0.2) is 99.4 Å². The highest BCUT2D eigenvalue weighted by Gasteiger charge is 2.24. The number of nitrogens with two attached hydrogens (primary N) is 2. The summed E-state index contributed by atoms with van der Waals surface area (Å²) in [4.78, 5) is 87.2. The third-order valence-electron chi connectivity index (χ3n) is 10.7. The van der Waals surface area contributed by atoms with Gasteiger partial charge in [-0.2, -0.15) is 0 Å². The van der Waals surface area contributed by atoms with Crippen LogP contribution in [0.3, 0.4) is 0 Å². The van der Waals surface area contributed by atoms with E-state index in [1.54, 1.807) is 86.9 Å². The van der Waals surface area contributed by atoms with Crippen molar-refractivity contribution >= 4 is 79.3 Å². The summed E-state index contributed by atoms with van der Waals surface area (Å²) in [5.41, 5.74) is 4.09. The first-order chi connectivity index (χ1) is 29.1. The molecular weight excluding hydrogens is 779 g/mol. The fraction of sp³-hybridized carbons (Fsp3) is 0.318. The second-order valence-electron chi connectivity index (χ2n) is 15.8. The molecule has 3 aromatic carbocycles. The number of ketones is 2. The normalized spacial score (nSPS) is 12.6. The predicted octanol–water partition coefficient (Wildman–Crippen LogP) is 4.67. The molecule has 0 bridgehead atoms. The topological polar surface area (TPSA) is 256 Å². The van der Waals surface area contributed by atoms with Crippen molar-refractivity contribution in [3.8, 4) is 0 Å². The quantitative estimate of drug-likeness (QED) is 0.0329. The van der Waals surface area contributed by atoms with Gasteiger partial charge < -0.3 is 36.2 Å². The number of hydrazine groups is 2. The maximum atomic E-state index is 13.4. The van der Waals surface area contributed by atoms with Crippen molar-refractivity contribution in [2.24, 2.45) is 23.5 Å². The van der Waals surface area contributed by atoms with E-state index in [0.29, 0.717) is 49.6 Å². The lowest BCUT2D eigenvalue weighted by Crippen LogP contribution is -2.43. The molecule has 0 spiro atoms. The van der Waals surface area contributed by atoms with Gasteiger partial charge in [0.05, 0.1) is 12.1 Å². The number of hydrogen-bond acceptors (Lipinski definition) is 10. The van der Waals surface area contributed by atoms with Gasteiger partial charge in [0.2, 0.25) is 0 Å². The minimum absolute atomic E-state index is 0.0260. The van der Waals surface area contributed by atoms with Crippen molar-refractivity contribution in [3.05, 3.63) is 95.4 Å². The Morgan fingerprint density at radius 1 is 0.541 bits per heavy atom. The maximum absolute atomic E-state index is 13.4. The molecule has 4 amide bonds. The number of aromatic nitrogens is 3. The number of rotatable bonds is 18. The highest BCUT2D eigenvalue weighted by molar-refractivity contribution is 6.10. The van der Waals surface area contributed by atoms with Gasteiger partial charge in [0, 0.05) is 75.6 Å². The fourth-order valence-electron chi connectivity index (χ4n) is 7.47. The zero-order valence-electron chi connectivity index (χ0n) is 35.1. The Bertz CT molecular complexity index is 2480. The molecule has 0 radical (unpaired) electrons. The standard InChI is InChI=1S/C44H53N11O6/c1-23(2)39(47-5)37(56)13-15-54(45)43(60)35-21-27-18-29(8-11-32(27)52-35)49-41(58)25-7-10-31-26(17-25)20-34(51-31)42(59)50-30-9-12-33-28(19-30)22-36(53-33)44(61)55(46)16-14-38(57)40(48-6)24(3)4/h7-12,17-24,39-40,47-48,51-53H,13-16,45-46H2,1-6H3,(H,49,58)(H,50,59)/t39-,40-/m0/s1. The van der Waals surface area contributed by atoms with Crippen molar-refractivity contribution < 1.29 is 28.8 Å². The van der Waals surface area contributed by atoms with Crippen LogP contribution in [0.4, 0.5) is 11.4 Å². The SMILES string of the molecule is CN[C@H](C(=O)CCN(N)C(=O)c1cc2cc(NC(=O)c3ccc4[nH]c(C(=O)Nc5ccc6[nH]c(C(=O)N(N)CCC(=O)[C@@H](NC)C(C)C)cc6c5)cc4c3)ccc2[nH]1)C(C)C. The van der Waals surface area contributed by atoms with E-state index in [9.17, 15) is 28.8 Å². The lowest BCUT2D eigenvalue weighted by atomic mass is 9.98. The number of Topliss-reactive ketones (excluding diaryl/α,β-unsaturated/α-hetero) is 2. The van der Waals surface area contributed by atoms with Gasteiger partial charge in [0.1, 0.15) is 17.1 Å². The van der Waals surface area contributed by atoms with Crippen molar-refractivity contribution in [1.29, 1.82) is 0 Å². The summed E-state index contributed by atoms with van der Waals surface area (Å²) in [6.07, 6.45) is 0.226. The molecule has 0 aliphatic rings. The van der Waals surface area contributed by atoms with Crippen LogP contribution in [0.15, 0.2) is 72.8 Å². The number of nitrogens with zero attached hydrogens (tertiary/aromatic N) is 2. The van der Waals surface area contributed by atoms with Crippen LogP contribution in [0.25, 0.3) is 32.7 Å². The Morgan fingerprint density at radius 2 is 0.934 bits per heavy atom. The van der Waals surface area contributed by atoms with E-state index >= 15 is 0 Å². The molecule has 3 aromatic heterocycles. The van der Waals surface area contributed by atoms with E-state index in [1.165, 1.54) is 0 Å². The number of hydrogen-bond donors (Lipinski definition) is 9. The number of aromatic amines is 3. The van der Waals surface area contributed by atoms with Gasteiger partial charge in [-0.15, -0.1) is 0 Å². The van der Waals surface area contributed by atoms with Crippen LogP contribution >= 0.6 is 0 Å². The molecule has 6 aromatic rings. The predicted molar refractivity (Wildman–Crippen MR) is 236 cm³/mol. The number of fused-ring (bicyclic) bond motifs is 3. The number of benzene rings is 3. The summed E-state index contributed by atoms with van der Waals surface area (Å²) in [6, 6.07) is 19.7. The van der Waals surface area contributed by atoms with E-state index in [0.717, 1.165) is 10.0 Å². The molecule has 2 atom stereocenters. The lowest BCUT2D eigenvalue weighted by molar-refractivity contribution is -0.123. The molecular formula is C44H53N11O6. The first kappa shape index (κ1) is 43.9. The number of likely N-dealkylation sites (N-methyl/N-ethyl adjacent to an activating group) is 2. The number of carbonyl (C=O) groups is 6. The fourth-order valence-corrected chi connectivity index (χ4v) is 7.47. The Labute approximate surface area is 352 Å². The van der Waals surface area contributed by atoms with Gasteiger partial charge in [-0.1, -0.05) is 27.7 Å².